The average molecular weight is 441 g/mol. The molecule has 0 bridgehead atoms. The van der Waals surface area contributed by atoms with Gasteiger partial charge in [0.2, 0.25) is 0 Å². The number of halogens is 1. The van der Waals surface area contributed by atoms with Crippen molar-refractivity contribution in [1.82, 2.24) is 9.55 Å². The molecule has 1 aromatic heterocycles. The zero-order chi connectivity index (χ0) is 21.3. The van der Waals surface area contributed by atoms with E-state index in [4.69, 9.17) is 21.3 Å². The molecule has 0 aliphatic carbocycles. The van der Waals surface area contributed by atoms with E-state index in [9.17, 15) is 8.42 Å². The molecular formula is C23H21ClN2O3S. The Morgan fingerprint density at radius 2 is 1.73 bits per heavy atom. The third kappa shape index (κ3) is 4.35. The second-order valence-electron chi connectivity index (χ2n) is 7.18. The fraction of sp³-hybridized carbons (Fsp3) is 0.174. The first-order valence-corrected chi connectivity index (χ1v) is 11.7. The SMILES string of the molecule is C[C@@H](Oc1ccc(S(C)(=O)=O)cc1)c1nc2cc(Cl)ccc2n1Cc1ccccc1. The maximum absolute atomic E-state index is 11.7. The largest absolute Gasteiger partial charge is 0.483 e. The molecule has 0 amide bonds. The molecule has 4 rings (SSSR count). The van der Waals surface area contributed by atoms with Crippen LogP contribution in [0.5, 0.6) is 5.75 Å². The van der Waals surface area contributed by atoms with Gasteiger partial charge in [0.05, 0.1) is 15.9 Å². The van der Waals surface area contributed by atoms with E-state index in [0.29, 0.717) is 17.3 Å². The normalized spacial score (nSPS) is 12.8. The highest BCUT2D eigenvalue weighted by atomic mass is 35.5. The maximum Gasteiger partial charge on any atom is 0.175 e. The van der Waals surface area contributed by atoms with Gasteiger partial charge in [-0.1, -0.05) is 41.9 Å². The Morgan fingerprint density at radius 3 is 2.40 bits per heavy atom. The van der Waals surface area contributed by atoms with Crippen molar-refractivity contribution in [3.8, 4) is 5.75 Å². The van der Waals surface area contributed by atoms with E-state index >= 15 is 0 Å². The highest BCUT2D eigenvalue weighted by Crippen LogP contribution is 2.28. The summed E-state index contributed by atoms with van der Waals surface area (Å²) in [6.45, 7) is 2.57. The van der Waals surface area contributed by atoms with Gasteiger partial charge < -0.3 is 9.30 Å². The quantitative estimate of drug-likeness (QED) is 0.409. The Bertz CT molecular complexity index is 1280. The number of nitrogens with zero attached hydrogens (tertiary/aromatic N) is 2. The predicted molar refractivity (Wildman–Crippen MR) is 119 cm³/mol. The van der Waals surface area contributed by atoms with Gasteiger partial charge in [-0.25, -0.2) is 13.4 Å². The minimum absolute atomic E-state index is 0.258. The molecule has 0 unspecified atom stereocenters. The molecule has 0 N–H and O–H groups in total. The Balaban J connectivity index is 1.69. The molecule has 0 saturated heterocycles. The van der Waals surface area contributed by atoms with Gasteiger partial charge in [0.15, 0.2) is 21.8 Å². The monoisotopic (exact) mass is 440 g/mol. The average Bonchev–Trinajstić information content (AvgIpc) is 3.06. The Morgan fingerprint density at radius 1 is 1.03 bits per heavy atom. The third-order valence-corrected chi connectivity index (χ3v) is 6.22. The van der Waals surface area contributed by atoms with E-state index in [1.165, 1.54) is 6.26 Å². The first kappa shape index (κ1) is 20.4. The number of ether oxygens (including phenoxy) is 1. The van der Waals surface area contributed by atoms with E-state index in [-0.39, 0.29) is 11.0 Å². The molecule has 154 valence electrons. The van der Waals surface area contributed by atoms with Crippen LogP contribution in [0.1, 0.15) is 24.4 Å². The molecule has 30 heavy (non-hydrogen) atoms. The molecule has 0 fully saturated rings. The predicted octanol–water partition coefficient (Wildman–Crippen LogP) is 5.28. The van der Waals surface area contributed by atoms with Crippen molar-refractivity contribution in [2.75, 3.05) is 6.26 Å². The van der Waals surface area contributed by atoms with Crippen LogP contribution in [-0.2, 0) is 16.4 Å². The lowest BCUT2D eigenvalue weighted by molar-refractivity contribution is 0.212. The summed E-state index contributed by atoms with van der Waals surface area (Å²) in [4.78, 5) is 5.04. The summed E-state index contributed by atoms with van der Waals surface area (Å²) in [7, 11) is -3.25. The van der Waals surface area contributed by atoms with Crippen molar-refractivity contribution in [1.29, 1.82) is 0 Å². The molecule has 0 aliphatic rings. The van der Waals surface area contributed by atoms with Crippen LogP contribution in [-0.4, -0.2) is 24.2 Å². The molecule has 1 atom stereocenters. The molecule has 5 nitrogen and oxygen atoms in total. The van der Waals surface area contributed by atoms with Gasteiger partial charge in [-0.2, -0.15) is 0 Å². The van der Waals surface area contributed by atoms with Crippen LogP contribution in [0.2, 0.25) is 5.02 Å². The lowest BCUT2D eigenvalue weighted by Crippen LogP contribution is -2.12. The minimum Gasteiger partial charge on any atom is -0.483 e. The molecular weight excluding hydrogens is 420 g/mol. The number of sulfone groups is 1. The highest BCUT2D eigenvalue weighted by molar-refractivity contribution is 7.90. The van der Waals surface area contributed by atoms with Crippen LogP contribution in [0.25, 0.3) is 11.0 Å². The standard InChI is InChI=1S/C23H21ClN2O3S/c1-16(29-19-9-11-20(12-10-19)30(2,27)28)23-25-21-14-18(24)8-13-22(21)26(23)15-17-6-4-3-5-7-17/h3-14,16H,15H2,1-2H3/t16-/m1/s1. The Hall–Kier alpha value is -2.83. The van der Waals surface area contributed by atoms with Gasteiger partial charge >= 0.3 is 0 Å². The Labute approximate surface area is 180 Å². The van der Waals surface area contributed by atoms with Crippen LogP contribution < -0.4 is 4.74 Å². The van der Waals surface area contributed by atoms with Crippen LogP contribution >= 0.6 is 11.6 Å². The lowest BCUT2D eigenvalue weighted by atomic mass is 10.2. The van der Waals surface area contributed by atoms with Crippen molar-refractivity contribution in [3.63, 3.8) is 0 Å². The van der Waals surface area contributed by atoms with Crippen LogP contribution in [0, 0.1) is 0 Å². The third-order valence-electron chi connectivity index (χ3n) is 4.85. The van der Waals surface area contributed by atoms with Crippen molar-refractivity contribution >= 4 is 32.5 Å². The van der Waals surface area contributed by atoms with E-state index in [0.717, 1.165) is 22.4 Å². The summed E-state index contributed by atoms with van der Waals surface area (Å²) >= 11 is 6.17. The molecule has 0 spiro atoms. The van der Waals surface area contributed by atoms with E-state index in [1.807, 2.05) is 43.3 Å². The smallest absolute Gasteiger partial charge is 0.175 e. The van der Waals surface area contributed by atoms with Gasteiger partial charge in [0, 0.05) is 17.8 Å². The van der Waals surface area contributed by atoms with Gasteiger partial charge in [-0.05, 0) is 55.0 Å². The number of imidazole rings is 1. The van der Waals surface area contributed by atoms with Crippen LogP contribution in [0.15, 0.2) is 77.7 Å². The van der Waals surface area contributed by atoms with Gasteiger partial charge in [-0.3, -0.25) is 0 Å². The zero-order valence-electron chi connectivity index (χ0n) is 16.6. The summed E-state index contributed by atoms with van der Waals surface area (Å²) in [5, 5.41) is 0.628. The molecule has 0 aliphatic heterocycles. The van der Waals surface area contributed by atoms with Gasteiger partial charge in [0.25, 0.3) is 0 Å². The number of hydrogen-bond acceptors (Lipinski definition) is 4. The second kappa shape index (κ2) is 8.13. The molecule has 7 heteroatoms. The van der Waals surface area contributed by atoms with Gasteiger partial charge in [-0.15, -0.1) is 0 Å². The first-order chi connectivity index (χ1) is 14.3. The van der Waals surface area contributed by atoms with E-state index in [2.05, 4.69) is 16.7 Å². The number of benzene rings is 3. The van der Waals surface area contributed by atoms with Crippen LogP contribution in [0.4, 0.5) is 0 Å². The number of fused-ring (bicyclic) bond motifs is 1. The lowest BCUT2D eigenvalue weighted by Gasteiger charge is -2.17. The molecule has 0 saturated carbocycles. The maximum atomic E-state index is 11.7. The summed E-state index contributed by atoms with van der Waals surface area (Å²) < 4.78 is 31.6. The van der Waals surface area contributed by atoms with E-state index < -0.39 is 9.84 Å². The number of rotatable bonds is 6. The molecule has 1 heterocycles. The fourth-order valence-corrected chi connectivity index (χ4v) is 4.18. The summed E-state index contributed by atoms with van der Waals surface area (Å²) in [6, 6.07) is 22.2. The fourth-order valence-electron chi connectivity index (χ4n) is 3.39. The van der Waals surface area contributed by atoms with Crippen LogP contribution in [0.3, 0.4) is 0 Å². The van der Waals surface area contributed by atoms with Crippen molar-refractivity contribution in [2.24, 2.45) is 0 Å². The highest BCUT2D eigenvalue weighted by Gasteiger charge is 2.19. The zero-order valence-corrected chi connectivity index (χ0v) is 18.2. The minimum atomic E-state index is -3.25. The van der Waals surface area contributed by atoms with Crippen molar-refractivity contribution < 1.29 is 13.2 Å². The van der Waals surface area contributed by atoms with E-state index in [1.54, 1.807) is 24.3 Å². The Kier molecular flexibility index (Phi) is 5.54. The van der Waals surface area contributed by atoms with Gasteiger partial charge in [0.1, 0.15) is 5.75 Å². The summed E-state index contributed by atoms with van der Waals surface area (Å²) in [5.41, 5.74) is 2.93. The second-order valence-corrected chi connectivity index (χ2v) is 9.63. The van der Waals surface area contributed by atoms with Crippen molar-refractivity contribution in [2.45, 2.75) is 24.5 Å². The number of hydrogen-bond donors (Lipinski definition) is 0. The van der Waals surface area contributed by atoms with Crippen molar-refractivity contribution in [3.05, 3.63) is 89.2 Å². The molecule has 4 aromatic rings. The summed E-state index contributed by atoms with van der Waals surface area (Å²) in [5.74, 6) is 1.34. The molecule has 0 radical (unpaired) electrons. The summed E-state index contributed by atoms with van der Waals surface area (Å²) in [6.07, 6.45) is 0.826. The first-order valence-electron chi connectivity index (χ1n) is 9.47. The topological polar surface area (TPSA) is 61.2 Å². The molecule has 3 aromatic carbocycles. The number of aromatic nitrogens is 2.